The van der Waals surface area contributed by atoms with Gasteiger partial charge in [0, 0.05) is 23.0 Å². The maximum Gasteiger partial charge on any atom is 0.255 e. The molecule has 2 saturated carbocycles. The fourth-order valence-electron chi connectivity index (χ4n) is 10.5. The third kappa shape index (κ3) is 6.03. The molecule has 8 rings (SSSR count). The van der Waals surface area contributed by atoms with Crippen molar-refractivity contribution in [1.82, 2.24) is 9.80 Å². The Morgan fingerprint density at radius 2 is 1.16 bits per heavy atom. The molecule has 0 spiro atoms. The molecule has 0 heterocycles. The van der Waals surface area contributed by atoms with Crippen molar-refractivity contribution in [3.8, 4) is 11.5 Å². The maximum atomic E-state index is 13.6. The lowest BCUT2D eigenvalue weighted by atomic mass is 9.56. The van der Waals surface area contributed by atoms with Gasteiger partial charge in [0.2, 0.25) is 11.6 Å². The van der Waals surface area contributed by atoms with Crippen molar-refractivity contribution in [2.45, 2.75) is 63.0 Å². The molecule has 18 heteroatoms. The Balaban J connectivity index is 0.000000204. The highest BCUT2D eigenvalue weighted by atomic mass is 16.4. The molecule has 6 aliphatic rings. The number of aliphatic hydroxyl groups is 7. The number of nitrogens with zero attached hydrogens (tertiary/aromatic N) is 2. The van der Waals surface area contributed by atoms with Gasteiger partial charge in [-0.15, -0.1) is 0 Å². The molecule has 0 radical (unpaired) electrons. The lowest BCUT2D eigenvalue weighted by molar-refractivity contribution is -0.168. The summed E-state index contributed by atoms with van der Waals surface area (Å²) in [5, 5.41) is 97.6. The van der Waals surface area contributed by atoms with Crippen molar-refractivity contribution in [3.63, 3.8) is 0 Å². The summed E-state index contributed by atoms with van der Waals surface area (Å²) >= 11 is 0. The van der Waals surface area contributed by atoms with Crippen molar-refractivity contribution < 1.29 is 74.7 Å². The highest BCUT2D eigenvalue weighted by molar-refractivity contribution is 6.26. The van der Waals surface area contributed by atoms with E-state index < -0.39 is 122 Å². The molecule has 9 atom stereocenters. The van der Waals surface area contributed by atoms with Gasteiger partial charge < -0.3 is 51.7 Å². The summed E-state index contributed by atoms with van der Waals surface area (Å²) in [6, 6.07) is 6.86. The summed E-state index contributed by atoms with van der Waals surface area (Å²) in [7, 11) is 6.12. The Morgan fingerprint density at radius 1 is 0.694 bits per heavy atom. The smallest absolute Gasteiger partial charge is 0.255 e. The van der Waals surface area contributed by atoms with Crippen LogP contribution in [0.3, 0.4) is 0 Å². The third-order valence-electron chi connectivity index (χ3n) is 13.1. The number of nitrogens with two attached hydrogens (primary N) is 1. The number of primary amides is 1. The molecule has 0 bridgehead atoms. The molecular formula is C44H49N3O15. The van der Waals surface area contributed by atoms with E-state index in [0.717, 1.165) is 6.92 Å². The fourth-order valence-corrected chi connectivity index (χ4v) is 10.5. The fraction of sp³-hybridized carbons (Fsp3) is 0.409. The molecule has 6 aliphatic carbocycles. The van der Waals surface area contributed by atoms with Crippen LogP contribution in [-0.4, -0.2) is 148 Å². The average molecular weight is 860 g/mol. The molecule has 0 saturated heterocycles. The van der Waals surface area contributed by atoms with E-state index in [0.29, 0.717) is 17.5 Å². The number of hydrogen-bond acceptors (Lipinski definition) is 17. The van der Waals surface area contributed by atoms with Crippen LogP contribution in [0.5, 0.6) is 11.5 Å². The van der Waals surface area contributed by atoms with Crippen molar-refractivity contribution in [2.24, 2.45) is 29.4 Å². The second-order valence-corrected chi connectivity index (χ2v) is 16.8. The normalized spacial score (nSPS) is 31.3. The van der Waals surface area contributed by atoms with Crippen LogP contribution in [0, 0.1) is 23.7 Å². The van der Waals surface area contributed by atoms with E-state index in [1.807, 2.05) is 0 Å². The van der Waals surface area contributed by atoms with Gasteiger partial charge in [0.05, 0.1) is 35.2 Å². The largest absolute Gasteiger partial charge is 0.508 e. The first-order chi connectivity index (χ1) is 28.5. The summed E-state index contributed by atoms with van der Waals surface area (Å²) in [6.07, 6.45) is -1.09. The number of aliphatic hydroxyl groups excluding tert-OH is 5. The first-order valence-electron chi connectivity index (χ1n) is 19.3. The SMILES string of the molecule is C.CC(=O)C1=C(O)[C@@]2(O)C(=O)C3=C(O)c4c(O)cccc4C[C@H]3[C@H](O)[C@H]2[C@H](N(C)C)C1=O.CN(C)[C@@H]1C(=O)C(C(N)=O)=C(O)[C@@]2(O)C(=O)C3=C(O)c4c(O)cccc4C[C@H]3C[C@@H]12. The van der Waals surface area contributed by atoms with Crippen LogP contribution in [0.2, 0.25) is 0 Å². The highest BCUT2D eigenvalue weighted by Crippen LogP contribution is 2.54. The number of benzene rings is 2. The quantitative estimate of drug-likeness (QED) is 0.189. The lowest BCUT2D eigenvalue weighted by Crippen LogP contribution is -2.70. The first-order valence-corrected chi connectivity index (χ1v) is 19.3. The summed E-state index contributed by atoms with van der Waals surface area (Å²) in [6.45, 7) is 1.03. The average Bonchev–Trinajstić information content (AvgIpc) is 3.16. The number of amides is 1. The molecule has 1 amide bonds. The molecule has 11 N–H and O–H groups in total. The standard InChI is InChI=1S/C22H23NO8.C21H22N2O7.CH4/c1-8(24)12-19(28)16(23(2)3)15-17(26)10-7-9-5-4-6-11(25)13(9)18(27)14(10)21(30)22(15,31)20(12)29;1-23(2)15-10-7-9-6-8-4-3-5-11(24)12(8)16(25)13(9)18(27)21(10,30)19(28)14(17(15)26)20(22)29;/h4-6,10,15-17,25-27,29,31H,7H2,1-3H3;3-5,9-10,15,24-25,28,30H,6-7H2,1-2H3,(H2,22,29);1H4/t10-,15-,16+,17+,22-;9-,10-,15-,21-;/m10./s1. The van der Waals surface area contributed by atoms with Crippen LogP contribution >= 0.6 is 0 Å². The minimum atomic E-state index is -2.80. The number of phenols is 2. The first kappa shape index (κ1) is 45.3. The third-order valence-corrected chi connectivity index (χ3v) is 13.1. The number of carbonyl (C=O) groups excluding carboxylic acids is 6. The summed E-state index contributed by atoms with van der Waals surface area (Å²) < 4.78 is 0. The van der Waals surface area contributed by atoms with Crippen molar-refractivity contribution in [1.29, 1.82) is 0 Å². The molecule has 330 valence electrons. The summed E-state index contributed by atoms with van der Waals surface area (Å²) in [5.74, 6) is -13.7. The topological polar surface area (TPSA) is 317 Å². The van der Waals surface area contributed by atoms with Crippen LogP contribution < -0.4 is 5.73 Å². The number of phenolic OH excluding ortho intramolecular Hbond substituents is 2. The van der Waals surface area contributed by atoms with Crippen molar-refractivity contribution in [2.75, 3.05) is 28.2 Å². The minimum Gasteiger partial charge on any atom is -0.508 e. The molecule has 2 aromatic carbocycles. The van der Waals surface area contributed by atoms with Gasteiger partial charge in [0.25, 0.3) is 5.91 Å². The van der Waals surface area contributed by atoms with E-state index in [-0.39, 0.29) is 54.0 Å². The van der Waals surface area contributed by atoms with Crippen LogP contribution in [0.15, 0.2) is 70.2 Å². The van der Waals surface area contributed by atoms with Gasteiger partial charge in [-0.05, 0) is 83.6 Å². The van der Waals surface area contributed by atoms with Crippen LogP contribution in [0.25, 0.3) is 11.5 Å². The number of ketones is 5. The zero-order valence-corrected chi connectivity index (χ0v) is 33.6. The zero-order valence-electron chi connectivity index (χ0n) is 33.6. The summed E-state index contributed by atoms with van der Waals surface area (Å²) in [5.41, 5.74) is -0.976. The second-order valence-electron chi connectivity index (χ2n) is 16.8. The minimum absolute atomic E-state index is 0. The number of aromatic hydroxyl groups is 2. The van der Waals surface area contributed by atoms with Gasteiger partial charge >= 0.3 is 0 Å². The number of likely N-dealkylation sites (N-methyl/N-ethyl adjacent to an activating group) is 2. The van der Waals surface area contributed by atoms with Gasteiger partial charge in [0.15, 0.2) is 28.6 Å². The van der Waals surface area contributed by atoms with Crippen molar-refractivity contribution >= 4 is 46.3 Å². The Bertz CT molecular complexity index is 2520. The van der Waals surface area contributed by atoms with Crippen molar-refractivity contribution in [3.05, 3.63) is 92.5 Å². The Labute approximate surface area is 354 Å². The Morgan fingerprint density at radius 3 is 1.66 bits per heavy atom. The van der Waals surface area contributed by atoms with E-state index in [9.17, 15) is 74.7 Å². The molecular weight excluding hydrogens is 810 g/mol. The maximum absolute atomic E-state index is 13.6. The molecule has 18 nitrogen and oxygen atoms in total. The van der Waals surface area contributed by atoms with Gasteiger partial charge in [-0.2, -0.15) is 0 Å². The lowest BCUT2D eigenvalue weighted by Gasteiger charge is -2.52. The number of rotatable bonds is 4. The zero-order chi connectivity index (χ0) is 45.1. The van der Waals surface area contributed by atoms with E-state index in [1.54, 1.807) is 38.4 Å². The van der Waals surface area contributed by atoms with E-state index in [4.69, 9.17) is 5.73 Å². The number of Topliss-reactive ketones (excluding diaryl/α,β-unsaturated/α-hetero) is 5. The monoisotopic (exact) mass is 859 g/mol. The molecule has 0 aliphatic heterocycles. The predicted octanol–water partition coefficient (Wildman–Crippen LogP) is 0.639. The second kappa shape index (κ2) is 15.3. The number of carbonyl (C=O) groups is 6. The van der Waals surface area contributed by atoms with Gasteiger partial charge in [-0.3, -0.25) is 38.6 Å². The molecule has 62 heavy (non-hydrogen) atoms. The highest BCUT2D eigenvalue weighted by Gasteiger charge is 2.68. The molecule has 0 aromatic heterocycles. The molecule has 2 aromatic rings. The van der Waals surface area contributed by atoms with Gasteiger partial charge in [-0.1, -0.05) is 31.7 Å². The number of hydrogen-bond donors (Lipinski definition) is 10. The van der Waals surface area contributed by atoms with Crippen LogP contribution in [-0.2, 0) is 41.6 Å². The van der Waals surface area contributed by atoms with Gasteiger partial charge in [-0.25, -0.2) is 0 Å². The van der Waals surface area contributed by atoms with E-state index in [1.165, 1.54) is 36.0 Å². The van der Waals surface area contributed by atoms with Gasteiger partial charge in [0.1, 0.15) is 45.7 Å². The van der Waals surface area contributed by atoms with E-state index >= 15 is 0 Å². The molecule has 0 unspecified atom stereocenters. The molecule has 2 fully saturated rings. The Hall–Kier alpha value is -6.18. The number of fused-ring (bicyclic) bond motifs is 6. The van der Waals surface area contributed by atoms with Crippen LogP contribution in [0.1, 0.15) is 43.0 Å². The Kier molecular flexibility index (Phi) is 11.2. The van der Waals surface area contributed by atoms with Crippen LogP contribution in [0.4, 0.5) is 0 Å². The van der Waals surface area contributed by atoms with E-state index in [2.05, 4.69) is 0 Å². The summed E-state index contributed by atoms with van der Waals surface area (Å²) in [4.78, 5) is 79.8. The predicted molar refractivity (Wildman–Crippen MR) is 218 cm³/mol.